The summed E-state index contributed by atoms with van der Waals surface area (Å²) >= 11 is 0. The molecule has 2 fully saturated rings. The maximum atomic E-state index is 13.7. The predicted molar refractivity (Wildman–Crippen MR) is 140 cm³/mol. The van der Waals surface area contributed by atoms with E-state index in [1.165, 1.54) is 0 Å². The minimum absolute atomic E-state index is 0.139. The molecule has 1 N–H and O–H groups in total. The summed E-state index contributed by atoms with van der Waals surface area (Å²) in [6.45, 7) is 2.93. The number of nitrogens with zero attached hydrogens (tertiary/aromatic N) is 5. The molecule has 4 aromatic rings. The first-order valence-electron chi connectivity index (χ1n) is 12.8. The molecule has 2 saturated heterocycles. The van der Waals surface area contributed by atoms with Crippen molar-refractivity contribution in [3.8, 4) is 6.07 Å². The molecular formula is C29H29N5O3. The molecule has 4 heterocycles. The first-order valence-corrected chi connectivity index (χ1v) is 12.8. The van der Waals surface area contributed by atoms with Crippen molar-refractivity contribution in [1.29, 1.82) is 5.26 Å². The molecule has 6 rings (SSSR count). The largest absolute Gasteiger partial charge is 0.389 e. The zero-order chi connectivity index (χ0) is 25.4. The molecule has 0 amide bonds. The SMILES string of the molecule is N#CC1(c2ccccn2)CCN(Cc2cc3c(=O)n([C@H]4CCOC[C@@H]4O)cnc3c3ccccc23)CC1. The fourth-order valence-corrected chi connectivity index (χ4v) is 5.86. The van der Waals surface area contributed by atoms with Crippen LogP contribution in [0.2, 0.25) is 0 Å². The van der Waals surface area contributed by atoms with E-state index in [-0.39, 0.29) is 18.2 Å². The Hall–Kier alpha value is -3.64. The number of pyridine rings is 1. The summed E-state index contributed by atoms with van der Waals surface area (Å²) in [6, 6.07) is 18.0. The van der Waals surface area contributed by atoms with Crippen LogP contribution in [-0.2, 0) is 16.7 Å². The van der Waals surface area contributed by atoms with Crippen molar-refractivity contribution in [2.24, 2.45) is 0 Å². The van der Waals surface area contributed by atoms with Crippen molar-refractivity contribution in [3.05, 3.63) is 82.7 Å². The van der Waals surface area contributed by atoms with Crippen molar-refractivity contribution in [2.45, 2.75) is 43.4 Å². The molecule has 188 valence electrons. The van der Waals surface area contributed by atoms with E-state index < -0.39 is 11.5 Å². The number of piperidine rings is 1. The molecule has 0 saturated carbocycles. The van der Waals surface area contributed by atoms with E-state index in [4.69, 9.17) is 4.74 Å². The Balaban J connectivity index is 1.35. The first kappa shape index (κ1) is 23.7. The highest BCUT2D eigenvalue weighted by Gasteiger charge is 2.37. The van der Waals surface area contributed by atoms with E-state index >= 15 is 0 Å². The molecule has 2 aliphatic heterocycles. The first-order chi connectivity index (χ1) is 18.1. The standard InChI is InChI=1S/C29H29N5O3/c30-18-29(26-7-3-4-11-31-26)9-12-33(13-10-29)16-20-15-23-27(22-6-2-1-5-21(20)22)32-19-34(28(23)36)24-8-14-37-17-25(24)35/h1-7,11,15,19,24-25,35H,8-10,12-14,16-17H2/t24-,25-/m0/s1. The Kier molecular flexibility index (Phi) is 6.21. The Morgan fingerprint density at radius 2 is 1.86 bits per heavy atom. The molecule has 0 bridgehead atoms. The Labute approximate surface area is 214 Å². The smallest absolute Gasteiger partial charge is 0.261 e. The third-order valence-electron chi connectivity index (χ3n) is 8.00. The lowest BCUT2D eigenvalue weighted by Crippen LogP contribution is -2.42. The monoisotopic (exact) mass is 495 g/mol. The maximum absolute atomic E-state index is 13.7. The third kappa shape index (κ3) is 4.19. The molecule has 2 aliphatic rings. The van der Waals surface area contributed by atoms with E-state index in [1.807, 2.05) is 42.5 Å². The lowest BCUT2D eigenvalue weighted by atomic mass is 9.76. The van der Waals surface area contributed by atoms with Crippen LogP contribution in [0.15, 0.2) is 65.8 Å². The Bertz CT molecular complexity index is 1540. The number of fused-ring (bicyclic) bond motifs is 3. The van der Waals surface area contributed by atoms with Crippen LogP contribution < -0.4 is 5.56 Å². The summed E-state index contributed by atoms with van der Waals surface area (Å²) in [5.74, 6) is 0. The van der Waals surface area contributed by atoms with Crippen molar-refractivity contribution >= 4 is 21.7 Å². The van der Waals surface area contributed by atoms with Crippen LogP contribution in [0.5, 0.6) is 0 Å². The fraction of sp³-hybridized carbons (Fsp3) is 0.379. The number of nitriles is 1. The minimum atomic E-state index is -0.738. The Morgan fingerprint density at radius 3 is 2.59 bits per heavy atom. The van der Waals surface area contributed by atoms with Crippen LogP contribution >= 0.6 is 0 Å². The van der Waals surface area contributed by atoms with Gasteiger partial charge in [-0.3, -0.25) is 19.2 Å². The van der Waals surface area contributed by atoms with Crippen LogP contribution in [-0.4, -0.2) is 56.9 Å². The van der Waals surface area contributed by atoms with Crippen LogP contribution in [0.3, 0.4) is 0 Å². The van der Waals surface area contributed by atoms with Gasteiger partial charge >= 0.3 is 0 Å². The van der Waals surface area contributed by atoms with E-state index in [2.05, 4.69) is 27.0 Å². The van der Waals surface area contributed by atoms with E-state index in [9.17, 15) is 15.2 Å². The number of hydrogen-bond donors (Lipinski definition) is 1. The maximum Gasteiger partial charge on any atom is 0.261 e. The molecule has 2 aromatic heterocycles. The molecule has 2 atom stereocenters. The zero-order valence-corrected chi connectivity index (χ0v) is 20.6. The summed E-state index contributed by atoms with van der Waals surface area (Å²) in [5.41, 5.74) is 1.88. The molecule has 0 radical (unpaired) electrons. The molecule has 0 aliphatic carbocycles. The molecule has 8 nitrogen and oxygen atoms in total. The van der Waals surface area contributed by atoms with Crippen LogP contribution in [0.25, 0.3) is 21.7 Å². The van der Waals surface area contributed by atoms with E-state index in [0.717, 1.165) is 35.1 Å². The second-order valence-corrected chi connectivity index (χ2v) is 10.1. The van der Waals surface area contributed by atoms with Crippen LogP contribution in [0, 0.1) is 11.3 Å². The summed E-state index contributed by atoms with van der Waals surface area (Å²) < 4.78 is 6.93. The molecular weight excluding hydrogens is 466 g/mol. The molecule has 2 aromatic carbocycles. The lowest BCUT2D eigenvalue weighted by molar-refractivity contribution is -0.0395. The second kappa shape index (κ2) is 9.67. The number of likely N-dealkylation sites (tertiary alicyclic amines) is 1. The number of hydrogen-bond acceptors (Lipinski definition) is 7. The second-order valence-electron chi connectivity index (χ2n) is 10.1. The summed E-state index contributed by atoms with van der Waals surface area (Å²) in [5, 5.41) is 23.1. The lowest BCUT2D eigenvalue weighted by Gasteiger charge is -2.37. The quantitative estimate of drug-likeness (QED) is 0.433. The average Bonchev–Trinajstić information content (AvgIpc) is 2.95. The summed E-state index contributed by atoms with van der Waals surface area (Å²) in [4.78, 5) is 25.2. The topological polar surface area (TPSA) is 104 Å². The van der Waals surface area contributed by atoms with Gasteiger partial charge in [-0.05, 0) is 48.4 Å². The van der Waals surface area contributed by atoms with Gasteiger partial charge in [-0.2, -0.15) is 5.26 Å². The number of aliphatic hydroxyl groups is 1. The van der Waals surface area contributed by atoms with Crippen LogP contribution in [0.4, 0.5) is 0 Å². The van der Waals surface area contributed by atoms with Gasteiger partial charge in [-0.1, -0.05) is 30.3 Å². The van der Waals surface area contributed by atoms with E-state index in [1.54, 1.807) is 17.1 Å². The van der Waals surface area contributed by atoms with Gasteiger partial charge in [-0.25, -0.2) is 4.98 Å². The zero-order valence-electron chi connectivity index (χ0n) is 20.6. The highest BCUT2D eigenvalue weighted by molar-refractivity contribution is 6.06. The minimum Gasteiger partial charge on any atom is -0.389 e. The van der Waals surface area contributed by atoms with Gasteiger partial charge in [0.1, 0.15) is 5.41 Å². The molecule has 0 unspecified atom stereocenters. The van der Waals surface area contributed by atoms with Gasteiger partial charge in [0.25, 0.3) is 5.56 Å². The van der Waals surface area contributed by atoms with Gasteiger partial charge in [0.05, 0.1) is 47.7 Å². The van der Waals surface area contributed by atoms with Gasteiger partial charge < -0.3 is 9.84 Å². The van der Waals surface area contributed by atoms with Gasteiger partial charge in [0.2, 0.25) is 0 Å². The normalized spacial score (nSPS) is 22.2. The number of rotatable bonds is 4. The highest BCUT2D eigenvalue weighted by atomic mass is 16.5. The Morgan fingerprint density at radius 1 is 1.08 bits per heavy atom. The molecule has 37 heavy (non-hydrogen) atoms. The number of aromatic nitrogens is 3. The van der Waals surface area contributed by atoms with Gasteiger partial charge in [0.15, 0.2) is 0 Å². The number of benzene rings is 2. The summed E-state index contributed by atoms with van der Waals surface area (Å²) in [6.07, 6.45) is 4.57. The summed E-state index contributed by atoms with van der Waals surface area (Å²) in [7, 11) is 0. The van der Waals surface area contributed by atoms with Gasteiger partial charge in [0, 0.05) is 37.8 Å². The fourth-order valence-electron chi connectivity index (χ4n) is 5.86. The van der Waals surface area contributed by atoms with E-state index in [0.29, 0.717) is 43.3 Å². The van der Waals surface area contributed by atoms with Crippen molar-refractivity contribution in [2.75, 3.05) is 26.3 Å². The van der Waals surface area contributed by atoms with Crippen molar-refractivity contribution < 1.29 is 9.84 Å². The third-order valence-corrected chi connectivity index (χ3v) is 8.00. The van der Waals surface area contributed by atoms with Gasteiger partial charge in [-0.15, -0.1) is 0 Å². The number of ether oxygens (including phenoxy) is 1. The van der Waals surface area contributed by atoms with Crippen molar-refractivity contribution in [3.63, 3.8) is 0 Å². The molecule has 8 heteroatoms. The van der Waals surface area contributed by atoms with Crippen LogP contribution in [0.1, 0.15) is 36.6 Å². The molecule has 0 spiro atoms. The predicted octanol–water partition coefficient (Wildman–Crippen LogP) is 3.32. The highest BCUT2D eigenvalue weighted by Crippen LogP contribution is 2.35. The van der Waals surface area contributed by atoms with Crippen molar-refractivity contribution in [1.82, 2.24) is 19.4 Å². The number of aliphatic hydroxyl groups excluding tert-OH is 1. The average molecular weight is 496 g/mol.